The number of amides is 1. The Morgan fingerprint density at radius 3 is 2.24 bits per heavy atom. The number of fused-ring (bicyclic) bond motifs is 3. The van der Waals surface area contributed by atoms with Gasteiger partial charge >= 0.3 is 21.7 Å². The minimum Gasteiger partial charge on any atom is -1.00 e. The summed E-state index contributed by atoms with van der Waals surface area (Å²) in [5.74, 6) is -0.542. The van der Waals surface area contributed by atoms with Crippen LogP contribution in [0, 0.1) is 6.92 Å². The van der Waals surface area contributed by atoms with Crippen LogP contribution < -0.4 is 35.2 Å². The minimum absolute atomic E-state index is 0. The van der Waals surface area contributed by atoms with E-state index in [4.69, 9.17) is 5.73 Å². The van der Waals surface area contributed by atoms with Crippen molar-refractivity contribution in [2.45, 2.75) is 46.5 Å². The monoisotopic (exact) mass is 494 g/mol. The number of allylic oxidation sites excluding steroid dienone is 1. The fraction of sp³-hybridized carbons (Fsp3) is 0.318. The van der Waals surface area contributed by atoms with Gasteiger partial charge in [0.25, 0.3) is 0 Å². The van der Waals surface area contributed by atoms with Gasteiger partial charge in [-0.2, -0.15) is 0 Å². The largest absolute Gasteiger partial charge is 3.00 e. The van der Waals surface area contributed by atoms with Crippen LogP contribution in [-0.4, -0.2) is 21.1 Å². The van der Waals surface area contributed by atoms with Crippen LogP contribution in [0.5, 0.6) is 0 Å². The van der Waals surface area contributed by atoms with Crippen molar-refractivity contribution in [1.82, 2.24) is 0 Å². The molecular formula is C22H26Cl2NOSi2Ti. The summed E-state index contributed by atoms with van der Waals surface area (Å²) in [5.41, 5.74) is 16.2. The van der Waals surface area contributed by atoms with E-state index in [0.717, 1.165) is 12.0 Å². The molecule has 0 atom stereocenters. The Kier molecular flexibility index (Phi) is 7.73. The van der Waals surface area contributed by atoms with Crippen molar-refractivity contribution in [2.24, 2.45) is 0 Å². The first-order chi connectivity index (χ1) is 12.1. The number of hydrogen-bond acceptors (Lipinski definition) is 1. The molecule has 29 heavy (non-hydrogen) atoms. The van der Waals surface area contributed by atoms with E-state index in [0.29, 0.717) is 5.56 Å². The molecule has 1 aliphatic carbocycles. The van der Waals surface area contributed by atoms with E-state index >= 15 is 0 Å². The molecule has 7 heteroatoms. The molecule has 4 rings (SSSR count). The standard InChI is InChI=1S/C22H27NOSi2.2ClH.Ti/c1-13-10-15-8-7-9-16(17(15)11-13)20-18(22(23)24)12-19-14(2)21(20)26(5,6)25(19,3)4;;;/h7-10,12H,11H2,1-6H3,(H2,23,24);2*1H;/q;;;+3/p-3. The van der Waals surface area contributed by atoms with Crippen molar-refractivity contribution in [2.75, 3.05) is 0 Å². The Morgan fingerprint density at radius 1 is 1.03 bits per heavy atom. The van der Waals surface area contributed by atoms with Crippen molar-refractivity contribution in [3.63, 3.8) is 0 Å². The average molecular weight is 495 g/mol. The van der Waals surface area contributed by atoms with Crippen LogP contribution in [0.4, 0.5) is 0 Å². The summed E-state index contributed by atoms with van der Waals surface area (Å²) in [7, 11) is -3.33. The molecule has 2 bridgehead atoms. The van der Waals surface area contributed by atoms with E-state index in [1.165, 1.54) is 38.2 Å². The second-order valence-electron chi connectivity index (χ2n) is 8.97. The van der Waals surface area contributed by atoms with Gasteiger partial charge in [0, 0.05) is 5.56 Å². The maximum Gasteiger partial charge on any atom is 3.00 e. The van der Waals surface area contributed by atoms with E-state index in [2.05, 4.69) is 70.4 Å². The Bertz CT molecular complexity index is 1030. The van der Waals surface area contributed by atoms with Crippen LogP contribution in [0.2, 0.25) is 26.2 Å². The number of hydrogen-bond donors (Lipinski definition) is 0. The third-order valence-corrected chi connectivity index (χ3v) is 24.8. The van der Waals surface area contributed by atoms with E-state index < -0.39 is 21.1 Å². The second kappa shape index (κ2) is 8.49. The summed E-state index contributed by atoms with van der Waals surface area (Å²) >= 11 is 0. The van der Waals surface area contributed by atoms with E-state index in [9.17, 15) is 4.79 Å². The van der Waals surface area contributed by atoms with Gasteiger partial charge in [0.15, 0.2) is 0 Å². The van der Waals surface area contributed by atoms with Crippen LogP contribution in [0.3, 0.4) is 0 Å². The van der Waals surface area contributed by atoms with Crippen molar-refractivity contribution < 1.29 is 51.3 Å². The second-order valence-corrected chi connectivity index (χ2v) is 24.0. The molecular weight excluding hydrogens is 469 g/mol. The first-order valence-corrected chi connectivity index (χ1v) is 16.3. The van der Waals surface area contributed by atoms with Gasteiger partial charge in [-0.3, -0.25) is 0 Å². The predicted octanol–water partition coefficient (Wildman–Crippen LogP) is -1.26. The number of carbonyl (C=O) groups excluding carboxylic acids is 1. The van der Waals surface area contributed by atoms with Gasteiger partial charge in [0.2, 0.25) is 0 Å². The van der Waals surface area contributed by atoms with Gasteiger partial charge in [0.1, 0.15) is 0 Å². The van der Waals surface area contributed by atoms with E-state index in [1.807, 2.05) is 0 Å². The number of rotatable bonds is 2. The first-order valence-electron chi connectivity index (χ1n) is 9.31. The fourth-order valence-corrected chi connectivity index (χ4v) is 15.7. The van der Waals surface area contributed by atoms with Crippen LogP contribution in [0.25, 0.3) is 22.9 Å². The van der Waals surface area contributed by atoms with E-state index in [-0.39, 0.29) is 46.5 Å². The summed E-state index contributed by atoms with van der Waals surface area (Å²) in [4.78, 5) is 12.4. The van der Waals surface area contributed by atoms with Crippen LogP contribution in [-0.2, 0) is 28.1 Å². The zero-order chi connectivity index (χ0) is 19.0. The van der Waals surface area contributed by atoms with Crippen molar-refractivity contribution >= 4 is 37.5 Å². The van der Waals surface area contributed by atoms with Gasteiger partial charge in [0.05, 0.1) is 21.1 Å². The normalized spacial score (nSPS) is 16.7. The minimum atomic E-state index is -1.70. The summed E-state index contributed by atoms with van der Waals surface area (Å²) in [6, 6.07) is 8.52. The van der Waals surface area contributed by atoms with Crippen LogP contribution in [0.15, 0.2) is 29.8 Å². The van der Waals surface area contributed by atoms with Crippen molar-refractivity contribution in [1.29, 1.82) is 0 Å². The average Bonchev–Trinajstić information content (AvgIpc) is 2.95. The smallest absolute Gasteiger partial charge is 1.00 e. The molecule has 0 saturated heterocycles. The number of carbonyl (C=O) groups is 1. The molecule has 151 valence electrons. The Hall–Kier alpha value is -0.622. The van der Waals surface area contributed by atoms with Crippen molar-refractivity contribution in [3.05, 3.63) is 57.8 Å². The van der Waals surface area contributed by atoms with Gasteiger partial charge in [-0.05, 0) is 42.5 Å². The van der Waals surface area contributed by atoms with Gasteiger partial charge in [-0.15, -0.1) is 0 Å². The van der Waals surface area contributed by atoms with Gasteiger partial charge < -0.3 is 35.3 Å². The maximum atomic E-state index is 12.4. The van der Waals surface area contributed by atoms with Gasteiger partial charge in [-0.1, -0.05) is 78.0 Å². The predicted molar refractivity (Wildman–Crippen MR) is 117 cm³/mol. The topological polar surface area (TPSA) is 40.9 Å². The number of nitrogens with one attached hydrogen (secondary N) is 1. The molecule has 1 N–H and O–H groups in total. The molecule has 1 amide bonds. The summed E-state index contributed by atoms with van der Waals surface area (Å²) in [6.45, 7) is 14.3. The van der Waals surface area contributed by atoms with Gasteiger partial charge in [-0.25, -0.2) is 0 Å². The molecule has 2 aromatic rings. The summed E-state index contributed by atoms with van der Waals surface area (Å²) in [5, 5.41) is 2.85. The van der Waals surface area contributed by atoms with Crippen LogP contribution in [0.1, 0.15) is 34.0 Å². The third-order valence-electron chi connectivity index (χ3n) is 7.03. The SMILES string of the molecule is CC1=Cc2cccc(-c3c(C([NH-])=O)cc4c(C)c3[Si](C)(C)[Si]4(C)C)c2C1.[Cl-].[Cl-].[Ti+3]. The molecule has 0 aromatic heterocycles. The molecule has 1 aliphatic heterocycles. The zero-order valence-electron chi connectivity index (χ0n) is 17.8. The molecule has 1 heterocycles. The molecule has 1 radical (unpaired) electrons. The van der Waals surface area contributed by atoms with Crippen LogP contribution >= 0.6 is 0 Å². The summed E-state index contributed by atoms with van der Waals surface area (Å²) in [6.07, 6.45) is 3.20. The molecule has 2 aliphatic rings. The number of benzene rings is 2. The molecule has 0 unspecified atom stereocenters. The molecule has 2 aromatic carbocycles. The number of halogens is 2. The quantitative estimate of drug-likeness (QED) is 0.480. The molecule has 0 saturated carbocycles. The Labute approximate surface area is 203 Å². The fourth-order valence-electron chi connectivity index (χ4n) is 5.09. The maximum absolute atomic E-state index is 12.4. The Balaban J connectivity index is 0.00000140. The Morgan fingerprint density at radius 2 is 1.66 bits per heavy atom. The van der Waals surface area contributed by atoms with E-state index in [1.54, 1.807) is 0 Å². The van der Waals surface area contributed by atoms with Crippen molar-refractivity contribution in [3.8, 4) is 11.1 Å². The summed E-state index contributed by atoms with van der Waals surface area (Å²) < 4.78 is 0. The molecule has 2 nitrogen and oxygen atoms in total. The zero-order valence-corrected chi connectivity index (χ0v) is 22.8. The first kappa shape index (κ1) is 26.4. The third kappa shape index (κ3) is 3.56. The molecule has 0 spiro atoms. The molecule has 0 fully saturated rings.